The zero-order valence-electron chi connectivity index (χ0n) is 10.0. The first-order valence-corrected chi connectivity index (χ1v) is 5.78. The largest absolute Gasteiger partial charge is 0.344 e. The minimum Gasteiger partial charge on any atom is -0.344 e. The number of ketones is 1. The molecule has 1 aliphatic heterocycles. The minimum absolute atomic E-state index is 0.110. The number of hydrogen-bond donors (Lipinski definition) is 2. The molecule has 5 heteroatoms. The second-order valence-corrected chi connectivity index (χ2v) is 4.25. The van der Waals surface area contributed by atoms with Gasteiger partial charge in [-0.25, -0.2) is 0 Å². The van der Waals surface area contributed by atoms with Gasteiger partial charge in [-0.1, -0.05) is 12.1 Å². The molecular formula is C13H14N2O3. The molecule has 0 spiro atoms. The van der Waals surface area contributed by atoms with Crippen LogP contribution in [-0.2, 0) is 9.59 Å². The van der Waals surface area contributed by atoms with E-state index in [0.717, 1.165) is 0 Å². The van der Waals surface area contributed by atoms with Crippen molar-refractivity contribution in [2.75, 3.05) is 5.32 Å². The Hall–Kier alpha value is -2.17. The lowest BCUT2D eigenvalue weighted by Gasteiger charge is -2.12. The smallest absolute Gasteiger partial charge is 0.246 e. The minimum atomic E-state index is -0.502. The first kappa shape index (κ1) is 12.3. The predicted octanol–water partition coefficient (Wildman–Crippen LogP) is 1.11. The normalized spacial score (nSPS) is 18.3. The van der Waals surface area contributed by atoms with E-state index in [4.69, 9.17) is 0 Å². The summed E-state index contributed by atoms with van der Waals surface area (Å²) < 4.78 is 0. The van der Waals surface area contributed by atoms with Crippen LogP contribution in [0.4, 0.5) is 5.69 Å². The summed E-state index contributed by atoms with van der Waals surface area (Å²) in [6.45, 7) is 1.45. The van der Waals surface area contributed by atoms with Gasteiger partial charge in [0.25, 0.3) is 0 Å². The summed E-state index contributed by atoms with van der Waals surface area (Å²) in [5.74, 6) is -0.508. The van der Waals surface area contributed by atoms with E-state index < -0.39 is 6.04 Å². The maximum absolute atomic E-state index is 11.9. The summed E-state index contributed by atoms with van der Waals surface area (Å²) in [5.41, 5.74) is 0.950. The van der Waals surface area contributed by atoms with Crippen molar-refractivity contribution in [2.24, 2.45) is 0 Å². The lowest BCUT2D eigenvalue weighted by Crippen LogP contribution is -2.37. The van der Waals surface area contributed by atoms with E-state index in [1.807, 2.05) is 0 Å². The molecule has 2 amide bonds. The van der Waals surface area contributed by atoms with Crippen molar-refractivity contribution in [1.29, 1.82) is 0 Å². The van der Waals surface area contributed by atoms with Crippen LogP contribution < -0.4 is 10.6 Å². The van der Waals surface area contributed by atoms with Crippen molar-refractivity contribution in [3.63, 3.8) is 0 Å². The quantitative estimate of drug-likeness (QED) is 0.784. The summed E-state index contributed by atoms with van der Waals surface area (Å²) in [4.78, 5) is 34.3. The highest BCUT2D eigenvalue weighted by atomic mass is 16.2. The number of hydrogen-bond acceptors (Lipinski definition) is 3. The van der Waals surface area contributed by atoms with Gasteiger partial charge in [0, 0.05) is 12.0 Å². The number of amides is 2. The lowest BCUT2D eigenvalue weighted by molar-refractivity contribution is -0.122. The van der Waals surface area contributed by atoms with Crippen LogP contribution in [0.2, 0.25) is 0 Å². The zero-order valence-corrected chi connectivity index (χ0v) is 10.0. The molecule has 1 atom stereocenters. The third-order valence-electron chi connectivity index (χ3n) is 2.88. The molecule has 0 aliphatic carbocycles. The summed E-state index contributed by atoms with van der Waals surface area (Å²) >= 11 is 0. The van der Waals surface area contributed by atoms with Crippen molar-refractivity contribution in [3.8, 4) is 0 Å². The van der Waals surface area contributed by atoms with Gasteiger partial charge in [0.2, 0.25) is 11.8 Å². The van der Waals surface area contributed by atoms with Gasteiger partial charge in [0.15, 0.2) is 5.78 Å². The number of anilines is 1. The Labute approximate surface area is 105 Å². The van der Waals surface area contributed by atoms with Crippen molar-refractivity contribution in [3.05, 3.63) is 29.8 Å². The van der Waals surface area contributed by atoms with Gasteiger partial charge in [-0.2, -0.15) is 0 Å². The molecule has 1 aliphatic rings. The number of carbonyl (C=O) groups excluding carboxylic acids is 3. The Bertz CT molecular complexity index is 511. The van der Waals surface area contributed by atoms with E-state index in [2.05, 4.69) is 10.6 Å². The molecule has 0 bridgehead atoms. The second kappa shape index (κ2) is 5.00. The van der Waals surface area contributed by atoms with E-state index in [1.165, 1.54) is 6.92 Å². The predicted molar refractivity (Wildman–Crippen MR) is 66.2 cm³/mol. The molecule has 94 valence electrons. The lowest BCUT2D eigenvalue weighted by atomic mass is 10.1. The number of benzene rings is 1. The fraction of sp³-hybridized carbons (Fsp3) is 0.308. The van der Waals surface area contributed by atoms with E-state index in [1.54, 1.807) is 24.3 Å². The first-order chi connectivity index (χ1) is 8.58. The summed E-state index contributed by atoms with van der Waals surface area (Å²) in [6.07, 6.45) is 0.860. The standard InChI is InChI=1S/C13H14N2O3/c1-8(16)9-4-2-3-5-10(9)15-13(18)11-6-7-12(17)14-11/h2-5,11H,6-7H2,1H3,(H,14,17)(H,15,18). The number of para-hydroxylation sites is 1. The Kier molecular flexibility index (Phi) is 3.41. The van der Waals surface area contributed by atoms with Crippen LogP contribution in [0.25, 0.3) is 0 Å². The summed E-state index contributed by atoms with van der Waals surface area (Å²) in [6, 6.07) is 6.31. The number of rotatable bonds is 3. The molecule has 5 nitrogen and oxygen atoms in total. The number of carbonyl (C=O) groups is 3. The molecular weight excluding hydrogens is 232 g/mol. The number of Topliss-reactive ketones (excluding diaryl/α,β-unsaturated/α-hetero) is 1. The Morgan fingerprint density at radius 1 is 1.33 bits per heavy atom. The summed E-state index contributed by atoms with van der Waals surface area (Å²) in [5, 5.41) is 5.27. The van der Waals surface area contributed by atoms with Crippen molar-refractivity contribution < 1.29 is 14.4 Å². The van der Waals surface area contributed by atoms with E-state index in [0.29, 0.717) is 24.1 Å². The monoisotopic (exact) mass is 246 g/mol. The molecule has 0 radical (unpaired) electrons. The third-order valence-corrected chi connectivity index (χ3v) is 2.88. The Morgan fingerprint density at radius 3 is 2.67 bits per heavy atom. The highest BCUT2D eigenvalue weighted by molar-refractivity contribution is 6.05. The van der Waals surface area contributed by atoms with Gasteiger partial charge in [0.1, 0.15) is 6.04 Å². The zero-order chi connectivity index (χ0) is 13.1. The van der Waals surface area contributed by atoms with E-state index >= 15 is 0 Å². The van der Waals surface area contributed by atoms with Gasteiger partial charge >= 0.3 is 0 Å². The van der Waals surface area contributed by atoms with Crippen LogP contribution in [0, 0.1) is 0 Å². The Balaban J connectivity index is 2.12. The molecule has 1 fully saturated rings. The molecule has 2 rings (SSSR count). The van der Waals surface area contributed by atoms with Gasteiger partial charge in [-0.05, 0) is 25.5 Å². The molecule has 0 saturated carbocycles. The second-order valence-electron chi connectivity index (χ2n) is 4.25. The average Bonchev–Trinajstić information content (AvgIpc) is 2.76. The van der Waals surface area contributed by atoms with E-state index in [9.17, 15) is 14.4 Å². The molecule has 0 aromatic heterocycles. The van der Waals surface area contributed by atoms with Crippen LogP contribution in [0.1, 0.15) is 30.1 Å². The Morgan fingerprint density at radius 2 is 2.06 bits per heavy atom. The van der Waals surface area contributed by atoms with Gasteiger partial charge in [-0.15, -0.1) is 0 Å². The van der Waals surface area contributed by atoms with E-state index in [-0.39, 0.29) is 17.6 Å². The molecule has 1 aromatic carbocycles. The van der Waals surface area contributed by atoms with Crippen LogP contribution >= 0.6 is 0 Å². The van der Waals surface area contributed by atoms with Crippen molar-refractivity contribution in [2.45, 2.75) is 25.8 Å². The van der Waals surface area contributed by atoms with Gasteiger partial charge in [0.05, 0.1) is 5.69 Å². The summed E-state index contributed by atoms with van der Waals surface area (Å²) in [7, 11) is 0. The van der Waals surface area contributed by atoms with Crippen molar-refractivity contribution in [1.82, 2.24) is 5.32 Å². The molecule has 1 saturated heterocycles. The molecule has 1 aromatic rings. The van der Waals surface area contributed by atoms with Crippen LogP contribution in [0.15, 0.2) is 24.3 Å². The molecule has 2 N–H and O–H groups in total. The van der Waals surface area contributed by atoms with Crippen molar-refractivity contribution >= 4 is 23.3 Å². The maximum atomic E-state index is 11.9. The first-order valence-electron chi connectivity index (χ1n) is 5.78. The topological polar surface area (TPSA) is 75.3 Å². The highest BCUT2D eigenvalue weighted by Gasteiger charge is 2.27. The fourth-order valence-electron chi connectivity index (χ4n) is 1.93. The van der Waals surface area contributed by atoms with Gasteiger partial charge in [-0.3, -0.25) is 14.4 Å². The SMILES string of the molecule is CC(=O)c1ccccc1NC(=O)C1CCC(=O)N1. The molecule has 1 heterocycles. The third kappa shape index (κ3) is 2.56. The highest BCUT2D eigenvalue weighted by Crippen LogP contribution is 2.17. The molecule has 1 unspecified atom stereocenters. The van der Waals surface area contributed by atoms with Gasteiger partial charge < -0.3 is 10.6 Å². The average molecular weight is 246 g/mol. The van der Waals surface area contributed by atoms with Crippen LogP contribution in [-0.4, -0.2) is 23.6 Å². The molecule has 18 heavy (non-hydrogen) atoms. The maximum Gasteiger partial charge on any atom is 0.246 e. The van der Waals surface area contributed by atoms with Crippen LogP contribution in [0.5, 0.6) is 0 Å². The number of nitrogens with one attached hydrogen (secondary N) is 2. The fourth-order valence-corrected chi connectivity index (χ4v) is 1.93. The van der Waals surface area contributed by atoms with Crippen LogP contribution in [0.3, 0.4) is 0 Å².